The molecule has 0 saturated heterocycles. The van der Waals surface area contributed by atoms with E-state index in [9.17, 15) is 24.6 Å². The van der Waals surface area contributed by atoms with Gasteiger partial charge in [-0.15, -0.1) is 12.4 Å². The molecule has 0 radical (unpaired) electrons. The standard InChI is InChI=1S/C23H33NO6.ClH/c1-21-7-5-14(25)9-13(21)3-4-15-16-6-8-23(29,18(27)12-30-19(28)11-24)22(16,2)10-17(26)20(15)21;/h9,15-17,20,26,29H,3-8,10-12,24H2,1-2H3;1H/t15?,16?,17?,20?,21-,22-,23-;/m0./s1. The highest BCUT2D eigenvalue weighted by molar-refractivity contribution is 5.92. The van der Waals surface area contributed by atoms with E-state index in [4.69, 9.17) is 10.5 Å². The summed E-state index contributed by atoms with van der Waals surface area (Å²) < 4.78 is 4.91. The molecule has 0 amide bonds. The van der Waals surface area contributed by atoms with Crippen LogP contribution in [0.3, 0.4) is 0 Å². The summed E-state index contributed by atoms with van der Waals surface area (Å²) in [7, 11) is 0. The van der Waals surface area contributed by atoms with E-state index >= 15 is 0 Å². The summed E-state index contributed by atoms with van der Waals surface area (Å²) in [5, 5.41) is 22.8. The van der Waals surface area contributed by atoms with E-state index in [1.165, 1.54) is 0 Å². The number of aliphatic hydroxyl groups excluding tert-OH is 1. The van der Waals surface area contributed by atoms with Gasteiger partial charge in [0.05, 0.1) is 12.6 Å². The van der Waals surface area contributed by atoms with Gasteiger partial charge in [-0.2, -0.15) is 0 Å². The highest BCUT2D eigenvalue weighted by atomic mass is 35.5. The zero-order valence-corrected chi connectivity index (χ0v) is 19.1. The number of aliphatic hydroxyl groups is 2. The van der Waals surface area contributed by atoms with E-state index in [2.05, 4.69) is 6.92 Å². The first-order valence-corrected chi connectivity index (χ1v) is 11.1. The highest BCUT2D eigenvalue weighted by Gasteiger charge is 2.68. The third-order valence-electron chi connectivity index (χ3n) is 9.04. The summed E-state index contributed by atoms with van der Waals surface area (Å²) in [6.45, 7) is 3.27. The van der Waals surface area contributed by atoms with Crippen LogP contribution in [0.1, 0.15) is 58.8 Å². The monoisotopic (exact) mass is 455 g/mol. The molecule has 174 valence electrons. The summed E-state index contributed by atoms with van der Waals surface area (Å²) in [5.74, 6) is -0.712. The molecule has 4 unspecified atom stereocenters. The number of nitrogens with two attached hydrogens (primary N) is 1. The predicted molar refractivity (Wildman–Crippen MR) is 115 cm³/mol. The molecular formula is C23H34ClNO6. The third kappa shape index (κ3) is 3.48. The topological polar surface area (TPSA) is 127 Å². The molecule has 4 N–H and O–H groups in total. The van der Waals surface area contributed by atoms with Crippen LogP contribution in [0.5, 0.6) is 0 Å². The van der Waals surface area contributed by atoms with Gasteiger partial charge in [-0.1, -0.05) is 19.4 Å². The molecule has 3 saturated carbocycles. The summed E-state index contributed by atoms with van der Waals surface area (Å²) in [6.07, 6.45) is 5.38. The number of carbonyl (C=O) groups excluding carboxylic acids is 3. The van der Waals surface area contributed by atoms with Gasteiger partial charge in [0.25, 0.3) is 0 Å². The predicted octanol–water partition coefficient (Wildman–Crippen LogP) is 1.71. The zero-order chi connectivity index (χ0) is 21.9. The second kappa shape index (κ2) is 8.25. The summed E-state index contributed by atoms with van der Waals surface area (Å²) in [6, 6.07) is 0. The van der Waals surface area contributed by atoms with E-state index in [1.54, 1.807) is 6.08 Å². The number of esters is 1. The number of Topliss-reactive ketones (excluding diaryl/α,β-unsaturated/α-hetero) is 1. The minimum Gasteiger partial charge on any atom is -0.457 e. The van der Waals surface area contributed by atoms with E-state index < -0.39 is 35.5 Å². The molecule has 31 heavy (non-hydrogen) atoms. The number of rotatable bonds is 4. The smallest absolute Gasteiger partial charge is 0.320 e. The van der Waals surface area contributed by atoms with Gasteiger partial charge in [-0.3, -0.25) is 14.4 Å². The molecule has 3 fully saturated rings. The van der Waals surface area contributed by atoms with Crippen LogP contribution in [-0.2, 0) is 19.1 Å². The van der Waals surface area contributed by atoms with Crippen molar-refractivity contribution in [2.45, 2.75) is 70.5 Å². The van der Waals surface area contributed by atoms with E-state index in [0.717, 1.165) is 24.8 Å². The molecule has 4 rings (SSSR count). The van der Waals surface area contributed by atoms with Crippen molar-refractivity contribution >= 4 is 29.9 Å². The van der Waals surface area contributed by atoms with Crippen LogP contribution in [0, 0.1) is 28.6 Å². The molecule has 0 bridgehead atoms. The summed E-state index contributed by atoms with van der Waals surface area (Å²) in [5.41, 5.74) is 3.78. The maximum atomic E-state index is 12.9. The number of carbonyl (C=O) groups is 3. The van der Waals surface area contributed by atoms with Crippen LogP contribution in [0.25, 0.3) is 0 Å². The number of hydrogen-bond acceptors (Lipinski definition) is 7. The van der Waals surface area contributed by atoms with Crippen molar-refractivity contribution in [3.63, 3.8) is 0 Å². The van der Waals surface area contributed by atoms with Crippen LogP contribution in [0.2, 0.25) is 0 Å². The van der Waals surface area contributed by atoms with Gasteiger partial charge in [0.15, 0.2) is 12.4 Å². The lowest BCUT2D eigenvalue weighted by atomic mass is 9.45. The molecule has 0 aromatic rings. The van der Waals surface area contributed by atoms with Gasteiger partial charge >= 0.3 is 5.97 Å². The molecule has 0 aromatic carbocycles. The SMILES string of the molecule is C[C@]12CCC(=O)C=C1CCC1C2C(O)C[C@@]2(C)C1CC[C@]2(O)C(=O)COC(=O)CN.Cl. The quantitative estimate of drug-likeness (QED) is 0.550. The fourth-order valence-electron chi connectivity index (χ4n) is 7.47. The normalized spacial score (nSPS) is 43.6. The number of hydrogen-bond donors (Lipinski definition) is 3. The van der Waals surface area contributed by atoms with Crippen LogP contribution < -0.4 is 5.73 Å². The van der Waals surface area contributed by atoms with Crippen LogP contribution >= 0.6 is 12.4 Å². The number of allylic oxidation sites excluding steroid dienone is 1. The fourth-order valence-corrected chi connectivity index (χ4v) is 7.47. The fraction of sp³-hybridized carbons (Fsp3) is 0.783. The van der Waals surface area contributed by atoms with Crippen LogP contribution in [0.4, 0.5) is 0 Å². The first kappa shape index (κ1) is 24.4. The molecule has 7 nitrogen and oxygen atoms in total. The van der Waals surface area contributed by atoms with Crippen molar-refractivity contribution in [2.75, 3.05) is 13.2 Å². The Balaban J connectivity index is 0.00000272. The lowest BCUT2D eigenvalue weighted by molar-refractivity contribution is -0.184. The third-order valence-corrected chi connectivity index (χ3v) is 9.04. The van der Waals surface area contributed by atoms with Crippen molar-refractivity contribution in [1.29, 1.82) is 0 Å². The zero-order valence-electron chi connectivity index (χ0n) is 18.3. The maximum Gasteiger partial charge on any atom is 0.320 e. The lowest BCUT2D eigenvalue weighted by Crippen LogP contribution is -2.62. The molecule has 0 aliphatic heterocycles. The average Bonchev–Trinajstić information content (AvgIpc) is 2.97. The van der Waals surface area contributed by atoms with E-state index in [0.29, 0.717) is 25.7 Å². The number of ketones is 2. The minimum atomic E-state index is -1.63. The van der Waals surface area contributed by atoms with Crippen LogP contribution in [-0.4, -0.2) is 52.6 Å². The van der Waals surface area contributed by atoms with Gasteiger partial charge < -0.3 is 20.7 Å². The summed E-state index contributed by atoms with van der Waals surface area (Å²) >= 11 is 0. The molecule has 7 atom stereocenters. The Kier molecular flexibility index (Phi) is 6.48. The van der Waals surface area contributed by atoms with Gasteiger partial charge in [-0.25, -0.2) is 0 Å². The molecule has 0 aromatic heterocycles. The second-order valence-electron chi connectivity index (χ2n) is 10.3. The van der Waals surface area contributed by atoms with Gasteiger partial charge in [0.1, 0.15) is 5.60 Å². The molecular weight excluding hydrogens is 422 g/mol. The average molecular weight is 456 g/mol. The number of ether oxygens (including phenoxy) is 1. The van der Waals surface area contributed by atoms with Gasteiger partial charge in [0, 0.05) is 11.8 Å². The Hall–Kier alpha value is -1.28. The van der Waals surface area contributed by atoms with Gasteiger partial charge in [-0.05, 0) is 67.8 Å². The van der Waals surface area contributed by atoms with Gasteiger partial charge in [0.2, 0.25) is 5.78 Å². The Bertz CT molecular complexity index is 814. The minimum absolute atomic E-state index is 0. The highest BCUT2D eigenvalue weighted by Crippen LogP contribution is 2.67. The van der Waals surface area contributed by atoms with Crippen molar-refractivity contribution in [3.05, 3.63) is 11.6 Å². The van der Waals surface area contributed by atoms with Crippen LogP contribution in [0.15, 0.2) is 11.6 Å². The Morgan fingerprint density at radius 2 is 1.94 bits per heavy atom. The first-order valence-electron chi connectivity index (χ1n) is 11.1. The molecule has 4 aliphatic carbocycles. The summed E-state index contributed by atoms with van der Waals surface area (Å²) in [4.78, 5) is 36.3. The first-order chi connectivity index (χ1) is 14.1. The number of fused-ring (bicyclic) bond motifs is 5. The Morgan fingerprint density at radius 1 is 1.23 bits per heavy atom. The van der Waals surface area contributed by atoms with E-state index in [1.807, 2.05) is 6.92 Å². The molecule has 0 heterocycles. The molecule has 0 spiro atoms. The molecule has 4 aliphatic rings. The maximum absolute atomic E-state index is 12.9. The van der Waals surface area contributed by atoms with E-state index in [-0.39, 0.29) is 47.9 Å². The lowest BCUT2D eigenvalue weighted by Gasteiger charge is -2.60. The second-order valence-corrected chi connectivity index (χ2v) is 10.3. The van der Waals surface area contributed by atoms with Crippen molar-refractivity contribution in [2.24, 2.45) is 34.3 Å². The largest absolute Gasteiger partial charge is 0.457 e. The van der Waals surface area contributed by atoms with Crippen molar-refractivity contribution < 1.29 is 29.3 Å². The number of halogens is 1. The Labute approximate surface area is 189 Å². The molecule has 8 heteroatoms. The Morgan fingerprint density at radius 3 is 2.61 bits per heavy atom. The van der Waals surface area contributed by atoms with Crippen molar-refractivity contribution in [3.8, 4) is 0 Å². The van der Waals surface area contributed by atoms with Crippen molar-refractivity contribution in [1.82, 2.24) is 0 Å².